The van der Waals surface area contributed by atoms with E-state index in [1.54, 1.807) is 0 Å². The lowest BCUT2D eigenvalue weighted by Gasteiger charge is -2.08. The standard InChI is InChI=1S/C13H17N3O/c1-10-4-5-12(8-11(10)2)16-9-13(17)15-7-3-6-14/h4-5,8,16H,3,7,9H2,1-2H3,(H,15,17). The Morgan fingerprint density at radius 2 is 2.12 bits per heavy atom. The molecule has 0 aliphatic rings. The third-order valence-corrected chi connectivity index (χ3v) is 2.52. The minimum absolute atomic E-state index is 0.0986. The molecular formula is C13H17N3O. The molecule has 1 aromatic rings. The monoisotopic (exact) mass is 231 g/mol. The fourth-order valence-corrected chi connectivity index (χ4v) is 1.35. The average molecular weight is 231 g/mol. The third kappa shape index (κ3) is 4.56. The maximum absolute atomic E-state index is 11.4. The lowest BCUT2D eigenvalue weighted by atomic mass is 10.1. The number of nitrogens with one attached hydrogen (secondary N) is 2. The lowest BCUT2D eigenvalue weighted by Crippen LogP contribution is -2.30. The highest BCUT2D eigenvalue weighted by Crippen LogP contribution is 2.13. The molecule has 0 radical (unpaired) electrons. The summed E-state index contributed by atoms with van der Waals surface area (Å²) >= 11 is 0. The van der Waals surface area contributed by atoms with Gasteiger partial charge in [0.05, 0.1) is 19.0 Å². The minimum atomic E-state index is -0.0986. The maximum Gasteiger partial charge on any atom is 0.239 e. The van der Waals surface area contributed by atoms with E-state index in [0.717, 1.165) is 5.69 Å². The van der Waals surface area contributed by atoms with Crippen molar-refractivity contribution in [3.05, 3.63) is 29.3 Å². The SMILES string of the molecule is Cc1ccc(NCC(=O)NCCC#N)cc1C. The van der Waals surface area contributed by atoms with Gasteiger partial charge in [-0.25, -0.2) is 0 Å². The normalized spacial score (nSPS) is 9.47. The Bertz CT molecular complexity index is 435. The highest BCUT2D eigenvalue weighted by atomic mass is 16.1. The van der Waals surface area contributed by atoms with Gasteiger partial charge in [0.25, 0.3) is 0 Å². The van der Waals surface area contributed by atoms with Gasteiger partial charge >= 0.3 is 0 Å². The van der Waals surface area contributed by atoms with Crippen molar-refractivity contribution in [2.45, 2.75) is 20.3 Å². The van der Waals surface area contributed by atoms with Gasteiger partial charge in [-0.1, -0.05) is 6.07 Å². The number of anilines is 1. The van der Waals surface area contributed by atoms with Crippen LogP contribution in [-0.4, -0.2) is 19.0 Å². The first-order valence-electron chi connectivity index (χ1n) is 5.58. The van der Waals surface area contributed by atoms with E-state index < -0.39 is 0 Å². The van der Waals surface area contributed by atoms with Crippen LogP contribution in [-0.2, 0) is 4.79 Å². The Kier molecular flexibility index (Phi) is 5.02. The molecule has 0 aromatic heterocycles. The van der Waals surface area contributed by atoms with Crippen molar-refractivity contribution in [3.8, 4) is 6.07 Å². The summed E-state index contributed by atoms with van der Waals surface area (Å²) in [7, 11) is 0. The second-order valence-electron chi connectivity index (χ2n) is 3.91. The molecule has 1 aromatic carbocycles. The second kappa shape index (κ2) is 6.54. The fourth-order valence-electron chi connectivity index (χ4n) is 1.35. The maximum atomic E-state index is 11.4. The molecule has 0 unspecified atom stereocenters. The number of amides is 1. The first-order valence-corrected chi connectivity index (χ1v) is 5.58. The van der Waals surface area contributed by atoms with Gasteiger partial charge in [0, 0.05) is 12.2 Å². The molecule has 4 nitrogen and oxygen atoms in total. The summed E-state index contributed by atoms with van der Waals surface area (Å²) in [5.41, 5.74) is 3.36. The number of benzene rings is 1. The van der Waals surface area contributed by atoms with Crippen LogP contribution in [0.2, 0.25) is 0 Å². The molecule has 1 rings (SSSR count). The molecular weight excluding hydrogens is 214 g/mol. The molecule has 0 aliphatic heterocycles. The molecule has 0 atom stereocenters. The van der Waals surface area contributed by atoms with Crippen molar-refractivity contribution < 1.29 is 4.79 Å². The van der Waals surface area contributed by atoms with Crippen LogP contribution in [0, 0.1) is 25.2 Å². The molecule has 2 N–H and O–H groups in total. The highest BCUT2D eigenvalue weighted by molar-refractivity contribution is 5.80. The fraction of sp³-hybridized carbons (Fsp3) is 0.385. The van der Waals surface area contributed by atoms with E-state index in [1.165, 1.54) is 11.1 Å². The molecule has 0 fully saturated rings. The molecule has 0 spiro atoms. The van der Waals surface area contributed by atoms with Crippen LogP contribution in [0.4, 0.5) is 5.69 Å². The van der Waals surface area contributed by atoms with Gasteiger partial charge in [-0.3, -0.25) is 4.79 Å². The number of rotatable bonds is 5. The number of carbonyl (C=O) groups is 1. The number of hydrogen-bond acceptors (Lipinski definition) is 3. The summed E-state index contributed by atoms with van der Waals surface area (Å²) in [5, 5.41) is 14.0. The average Bonchev–Trinajstić information content (AvgIpc) is 2.31. The number of hydrogen-bond donors (Lipinski definition) is 2. The van der Waals surface area contributed by atoms with Gasteiger partial charge in [-0.05, 0) is 37.1 Å². The molecule has 90 valence electrons. The van der Waals surface area contributed by atoms with E-state index in [0.29, 0.717) is 13.0 Å². The summed E-state index contributed by atoms with van der Waals surface area (Å²) in [4.78, 5) is 11.4. The zero-order valence-electron chi connectivity index (χ0n) is 10.2. The minimum Gasteiger partial charge on any atom is -0.376 e. The Morgan fingerprint density at radius 1 is 1.35 bits per heavy atom. The van der Waals surface area contributed by atoms with Crippen molar-refractivity contribution in [3.63, 3.8) is 0 Å². The van der Waals surface area contributed by atoms with Gasteiger partial charge in [-0.2, -0.15) is 5.26 Å². The number of carbonyl (C=O) groups excluding carboxylic acids is 1. The van der Waals surface area contributed by atoms with Crippen LogP contribution in [0.25, 0.3) is 0 Å². The zero-order valence-corrected chi connectivity index (χ0v) is 10.2. The molecule has 0 heterocycles. The molecule has 4 heteroatoms. The summed E-state index contributed by atoms with van der Waals surface area (Å²) < 4.78 is 0. The van der Waals surface area contributed by atoms with E-state index in [-0.39, 0.29) is 12.5 Å². The largest absolute Gasteiger partial charge is 0.376 e. The molecule has 0 bridgehead atoms. The Morgan fingerprint density at radius 3 is 2.76 bits per heavy atom. The smallest absolute Gasteiger partial charge is 0.239 e. The molecule has 0 saturated carbocycles. The third-order valence-electron chi connectivity index (χ3n) is 2.52. The van der Waals surface area contributed by atoms with Crippen LogP contribution in [0.3, 0.4) is 0 Å². The van der Waals surface area contributed by atoms with Crippen molar-refractivity contribution in [1.82, 2.24) is 5.32 Å². The summed E-state index contributed by atoms with van der Waals surface area (Å²) in [6, 6.07) is 7.96. The quantitative estimate of drug-likeness (QED) is 0.759. The van der Waals surface area contributed by atoms with Crippen molar-refractivity contribution in [2.24, 2.45) is 0 Å². The van der Waals surface area contributed by atoms with E-state index in [9.17, 15) is 4.79 Å². The number of aryl methyl sites for hydroxylation is 2. The summed E-state index contributed by atoms with van der Waals surface area (Å²) in [6.07, 6.45) is 0.343. The Hall–Kier alpha value is -2.02. The van der Waals surface area contributed by atoms with Gasteiger partial charge in [0.15, 0.2) is 0 Å². The Labute approximate surface area is 102 Å². The van der Waals surface area contributed by atoms with Gasteiger partial charge < -0.3 is 10.6 Å². The van der Waals surface area contributed by atoms with Gasteiger partial charge in [0.1, 0.15) is 0 Å². The summed E-state index contributed by atoms with van der Waals surface area (Å²) in [5.74, 6) is -0.0986. The topological polar surface area (TPSA) is 64.9 Å². The van der Waals surface area contributed by atoms with E-state index >= 15 is 0 Å². The predicted octanol–water partition coefficient (Wildman–Crippen LogP) is 1.75. The molecule has 1 amide bonds. The first kappa shape index (κ1) is 13.0. The number of nitrogens with zero attached hydrogens (tertiary/aromatic N) is 1. The molecule has 0 aliphatic carbocycles. The zero-order chi connectivity index (χ0) is 12.7. The van der Waals surface area contributed by atoms with Crippen molar-refractivity contribution in [2.75, 3.05) is 18.4 Å². The highest BCUT2D eigenvalue weighted by Gasteiger charge is 2.01. The summed E-state index contributed by atoms with van der Waals surface area (Å²) in [6.45, 7) is 4.72. The molecule has 0 saturated heterocycles. The predicted molar refractivity (Wildman–Crippen MR) is 67.6 cm³/mol. The van der Waals surface area contributed by atoms with Crippen LogP contribution < -0.4 is 10.6 Å². The second-order valence-corrected chi connectivity index (χ2v) is 3.91. The molecule has 17 heavy (non-hydrogen) atoms. The van der Waals surface area contributed by atoms with E-state index in [2.05, 4.69) is 10.6 Å². The van der Waals surface area contributed by atoms with E-state index in [1.807, 2.05) is 38.1 Å². The first-order chi connectivity index (χ1) is 8.13. The number of nitriles is 1. The van der Waals surface area contributed by atoms with Gasteiger partial charge in [-0.15, -0.1) is 0 Å². The van der Waals surface area contributed by atoms with Crippen LogP contribution in [0.1, 0.15) is 17.5 Å². The van der Waals surface area contributed by atoms with Crippen LogP contribution >= 0.6 is 0 Å². The Balaban J connectivity index is 2.37. The van der Waals surface area contributed by atoms with E-state index in [4.69, 9.17) is 5.26 Å². The van der Waals surface area contributed by atoms with Crippen LogP contribution in [0.5, 0.6) is 0 Å². The lowest BCUT2D eigenvalue weighted by molar-refractivity contribution is -0.119. The van der Waals surface area contributed by atoms with Crippen LogP contribution in [0.15, 0.2) is 18.2 Å². The van der Waals surface area contributed by atoms with Crippen molar-refractivity contribution in [1.29, 1.82) is 5.26 Å². The van der Waals surface area contributed by atoms with Gasteiger partial charge in [0.2, 0.25) is 5.91 Å². The van der Waals surface area contributed by atoms with Crippen molar-refractivity contribution >= 4 is 11.6 Å².